The molecular weight excluding hydrogens is 270 g/mol. The number of benzene rings is 1. The minimum absolute atomic E-state index is 0.0841. The Balaban J connectivity index is 1.91. The third kappa shape index (κ3) is 2.56. The number of nitrogens with zero attached hydrogens (tertiary/aromatic N) is 2. The maximum absolute atomic E-state index is 11.0. The Bertz CT molecular complexity index is 674. The molecule has 1 fully saturated rings. The summed E-state index contributed by atoms with van der Waals surface area (Å²) in [4.78, 5) is 16.8. The lowest BCUT2D eigenvalue weighted by Gasteiger charge is -2.18. The standard InChI is InChI=1S/C15H17N3O3/c1-21-13-5-4-12-11(3-2-7-16-12)14(13)17-10-6-8-18(9-10)15(19)20/h2-5,7,10,17H,6,8-9H2,1H3,(H,19,20). The summed E-state index contributed by atoms with van der Waals surface area (Å²) >= 11 is 0. The fourth-order valence-corrected chi connectivity index (χ4v) is 2.71. The molecule has 0 saturated carbocycles. The quantitative estimate of drug-likeness (QED) is 0.906. The van der Waals surface area contributed by atoms with Crippen LogP contribution in [0.2, 0.25) is 0 Å². The van der Waals surface area contributed by atoms with E-state index in [4.69, 9.17) is 9.84 Å². The van der Waals surface area contributed by atoms with Crippen LogP contribution in [0.15, 0.2) is 30.5 Å². The van der Waals surface area contributed by atoms with Gasteiger partial charge in [-0.25, -0.2) is 4.79 Å². The van der Waals surface area contributed by atoms with E-state index >= 15 is 0 Å². The summed E-state index contributed by atoms with van der Waals surface area (Å²) in [5.41, 5.74) is 1.76. The Morgan fingerprint density at radius 3 is 3.05 bits per heavy atom. The van der Waals surface area contributed by atoms with Crippen LogP contribution in [0.1, 0.15) is 6.42 Å². The van der Waals surface area contributed by atoms with E-state index < -0.39 is 6.09 Å². The van der Waals surface area contributed by atoms with E-state index in [2.05, 4.69) is 10.3 Å². The number of anilines is 1. The van der Waals surface area contributed by atoms with Gasteiger partial charge in [0.05, 0.1) is 18.3 Å². The first-order chi connectivity index (χ1) is 10.2. The number of rotatable bonds is 3. The molecule has 2 aromatic rings. The molecule has 1 aliphatic rings. The monoisotopic (exact) mass is 287 g/mol. The van der Waals surface area contributed by atoms with E-state index in [1.807, 2.05) is 24.3 Å². The van der Waals surface area contributed by atoms with E-state index in [0.29, 0.717) is 13.1 Å². The number of hydrogen-bond acceptors (Lipinski definition) is 4. The predicted octanol–water partition coefficient (Wildman–Crippen LogP) is 2.41. The average Bonchev–Trinajstić information content (AvgIpc) is 2.96. The molecule has 1 aromatic carbocycles. The smallest absolute Gasteiger partial charge is 0.407 e. The third-order valence-corrected chi connectivity index (χ3v) is 3.77. The van der Waals surface area contributed by atoms with Gasteiger partial charge in [-0.05, 0) is 30.7 Å². The van der Waals surface area contributed by atoms with E-state index in [0.717, 1.165) is 28.8 Å². The largest absolute Gasteiger partial charge is 0.495 e. The van der Waals surface area contributed by atoms with Crippen molar-refractivity contribution in [1.82, 2.24) is 9.88 Å². The number of ether oxygens (including phenoxy) is 1. The van der Waals surface area contributed by atoms with Crippen LogP contribution in [-0.2, 0) is 0 Å². The second-order valence-electron chi connectivity index (χ2n) is 5.07. The van der Waals surface area contributed by atoms with Crippen LogP contribution in [0.4, 0.5) is 10.5 Å². The number of methoxy groups -OCH3 is 1. The summed E-state index contributed by atoms with van der Waals surface area (Å²) in [6.45, 7) is 1.04. The molecule has 1 saturated heterocycles. The van der Waals surface area contributed by atoms with Gasteiger partial charge in [-0.15, -0.1) is 0 Å². The number of pyridine rings is 1. The Hall–Kier alpha value is -2.50. The Labute approximate surface area is 122 Å². The van der Waals surface area contributed by atoms with Crippen LogP contribution in [-0.4, -0.2) is 47.3 Å². The van der Waals surface area contributed by atoms with Crippen molar-refractivity contribution >= 4 is 22.7 Å². The van der Waals surface area contributed by atoms with Crippen molar-refractivity contribution in [2.75, 3.05) is 25.5 Å². The molecule has 1 unspecified atom stereocenters. The summed E-state index contributed by atoms with van der Waals surface area (Å²) in [6.07, 6.45) is 1.66. The molecule has 0 bridgehead atoms. The SMILES string of the molecule is COc1ccc2ncccc2c1NC1CCN(C(=O)O)C1. The highest BCUT2D eigenvalue weighted by atomic mass is 16.5. The number of carbonyl (C=O) groups is 1. The third-order valence-electron chi connectivity index (χ3n) is 3.77. The molecule has 0 radical (unpaired) electrons. The molecule has 2 N–H and O–H groups in total. The van der Waals surface area contributed by atoms with Gasteiger partial charge in [0.1, 0.15) is 5.75 Å². The van der Waals surface area contributed by atoms with E-state index in [1.165, 1.54) is 4.90 Å². The molecule has 21 heavy (non-hydrogen) atoms. The Morgan fingerprint density at radius 1 is 1.48 bits per heavy atom. The predicted molar refractivity (Wildman–Crippen MR) is 79.9 cm³/mol. The van der Waals surface area contributed by atoms with Gasteiger partial charge in [0.2, 0.25) is 0 Å². The zero-order chi connectivity index (χ0) is 14.8. The summed E-state index contributed by atoms with van der Waals surface area (Å²) < 4.78 is 5.42. The van der Waals surface area contributed by atoms with Crippen molar-refractivity contribution in [2.24, 2.45) is 0 Å². The lowest BCUT2D eigenvalue weighted by atomic mass is 10.1. The highest BCUT2D eigenvalue weighted by Crippen LogP contribution is 2.33. The van der Waals surface area contributed by atoms with Crippen molar-refractivity contribution < 1.29 is 14.6 Å². The number of fused-ring (bicyclic) bond motifs is 1. The lowest BCUT2D eigenvalue weighted by molar-refractivity contribution is 0.155. The number of likely N-dealkylation sites (tertiary alicyclic amines) is 1. The first-order valence-electron chi connectivity index (χ1n) is 6.85. The number of carboxylic acid groups (broad SMARTS) is 1. The summed E-state index contributed by atoms with van der Waals surface area (Å²) in [5.74, 6) is 0.740. The molecular formula is C15H17N3O3. The molecule has 1 aliphatic heterocycles. The van der Waals surface area contributed by atoms with E-state index in [9.17, 15) is 4.79 Å². The lowest BCUT2D eigenvalue weighted by Crippen LogP contribution is -2.30. The topological polar surface area (TPSA) is 74.7 Å². The molecule has 110 valence electrons. The van der Waals surface area contributed by atoms with Gasteiger partial charge < -0.3 is 20.1 Å². The molecule has 3 rings (SSSR count). The fraction of sp³-hybridized carbons (Fsp3) is 0.333. The highest BCUT2D eigenvalue weighted by molar-refractivity contribution is 5.94. The molecule has 1 aromatic heterocycles. The summed E-state index contributed by atoms with van der Waals surface area (Å²) in [5, 5.41) is 13.4. The molecule has 0 aliphatic carbocycles. The van der Waals surface area contributed by atoms with Crippen molar-refractivity contribution in [3.05, 3.63) is 30.5 Å². The van der Waals surface area contributed by atoms with Crippen molar-refractivity contribution in [1.29, 1.82) is 0 Å². The van der Waals surface area contributed by atoms with Gasteiger partial charge in [-0.3, -0.25) is 4.98 Å². The fourth-order valence-electron chi connectivity index (χ4n) is 2.71. The van der Waals surface area contributed by atoms with Crippen LogP contribution in [0.25, 0.3) is 10.9 Å². The van der Waals surface area contributed by atoms with E-state index in [-0.39, 0.29) is 6.04 Å². The Kier molecular flexibility index (Phi) is 3.51. The normalized spacial score (nSPS) is 18.0. The maximum Gasteiger partial charge on any atom is 0.407 e. The second-order valence-corrected chi connectivity index (χ2v) is 5.07. The van der Waals surface area contributed by atoms with Crippen LogP contribution >= 0.6 is 0 Å². The average molecular weight is 287 g/mol. The van der Waals surface area contributed by atoms with Crippen molar-refractivity contribution in [3.63, 3.8) is 0 Å². The first-order valence-corrected chi connectivity index (χ1v) is 6.85. The van der Waals surface area contributed by atoms with Gasteiger partial charge in [-0.1, -0.05) is 0 Å². The molecule has 0 spiro atoms. The summed E-state index contributed by atoms with van der Waals surface area (Å²) in [7, 11) is 1.63. The molecule has 2 heterocycles. The van der Waals surface area contributed by atoms with Crippen LogP contribution in [0.5, 0.6) is 5.75 Å². The van der Waals surface area contributed by atoms with Gasteiger partial charge in [0.15, 0.2) is 0 Å². The number of aromatic nitrogens is 1. The zero-order valence-electron chi connectivity index (χ0n) is 11.7. The second kappa shape index (κ2) is 5.47. The van der Waals surface area contributed by atoms with Crippen LogP contribution < -0.4 is 10.1 Å². The molecule has 6 nitrogen and oxygen atoms in total. The maximum atomic E-state index is 11.0. The van der Waals surface area contributed by atoms with Crippen molar-refractivity contribution in [3.8, 4) is 5.75 Å². The first kappa shape index (κ1) is 13.5. The molecule has 1 amide bonds. The van der Waals surface area contributed by atoms with Crippen molar-refractivity contribution in [2.45, 2.75) is 12.5 Å². The molecule has 1 atom stereocenters. The number of nitrogens with one attached hydrogen (secondary N) is 1. The molecule has 6 heteroatoms. The van der Waals surface area contributed by atoms with E-state index in [1.54, 1.807) is 13.3 Å². The zero-order valence-corrected chi connectivity index (χ0v) is 11.7. The van der Waals surface area contributed by atoms with Gasteiger partial charge in [0, 0.05) is 30.7 Å². The number of amides is 1. The van der Waals surface area contributed by atoms with Crippen LogP contribution in [0, 0.1) is 0 Å². The number of hydrogen-bond donors (Lipinski definition) is 2. The van der Waals surface area contributed by atoms with Gasteiger partial charge in [0.25, 0.3) is 0 Å². The Morgan fingerprint density at radius 2 is 2.33 bits per heavy atom. The summed E-state index contributed by atoms with van der Waals surface area (Å²) in [6, 6.07) is 7.74. The minimum atomic E-state index is -0.870. The van der Waals surface area contributed by atoms with Crippen LogP contribution in [0.3, 0.4) is 0 Å². The minimum Gasteiger partial charge on any atom is -0.495 e. The highest BCUT2D eigenvalue weighted by Gasteiger charge is 2.26. The van der Waals surface area contributed by atoms with Gasteiger partial charge in [-0.2, -0.15) is 0 Å². The van der Waals surface area contributed by atoms with Gasteiger partial charge >= 0.3 is 6.09 Å².